The molecule has 0 unspecified atom stereocenters. The number of nitrogens with one attached hydrogen (secondary N) is 1. The lowest BCUT2D eigenvalue weighted by Gasteiger charge is -2.04. The number of amides is 1. The number of ether oxygens (including phenoxy) is 1. The summed E-state index contributed by atoms with van der Waals surface area (Å²) in [6.45, 7) is -0.459. The fourth-order valence-electron chi connectivity index (χ4n) is 3.07. The van der Waals surface area contributed by atoms with Crippen molar-refractivity contribution in [2.75, 3.05) is 11.9 Å². The van der Waals surface area contributed by atoms with Gasteiger partial charge in [-0.1, -0.05) is 18.6 Å². The van der Waals surface area contributed by atoms with Gasteiger partial charge in [-0.25, -0.2) is 9.18 Å². The van der Waals surface area contributed by atoms with Crippen molar-refractivity contribution in [3.63, 3.8) is 0 Å². The molecule has 1 amide bonds. The van der Waals surface area contributed by atoms with Gasteiger partial charge in [-0.15, -0.1) is 11.3 Å². The van der Waals surface area contributed by atoms with Crippen molar-refractivity contribution < 1.29 is 18.7 Å². The van der Waals surface area contributed by atoms with Crippen molar-refractivity contribution in [3.8, 4) is 6.07 Å². The van der Waals surface area contributed by atoms with Gasteiger partial charge < -0.3 is 10.1 Å². The topological polar surface area (TPSA) is 79.2 Å². The number of nitriles is 1. The van der Waals surface area contributed by atoms with Crippen LogP contribution in [0.2, 0.25) is 0 Å². The van der Waals surface area contributed by atoms with E-state index in [4.69, 9.17) is 4.74 Å². The highest BCUT2D eigenvalue weighted by molar-refractivity contribution is 7.16. The summed E-state index contributed by atoms with van der Waals surface area (Å²) >= 11 is 1.43. The number of nitrogens with zero attached hydrogens (tertiary/aromatic N) is 1. The maximum atomic E-state index is 13.1. The van der Waals surface area contributed by atoms with Crippen molar-refractivity contribution in [3.05, 3.63) is 57.7 Å². The van der Waals surface area contributed by atoms with Crippen LogP contribution in [0, 0.1) is 17.1 Å². The lowest BCUT2D eigenvalue weighted by atomic mass is 10.1. The molecule has 0 radical (unpaired) electrons. The highest BCUT2D eigenvalue weighted by atomic mass is 32.1. The summed E-state index contributed by atoms with van der Waals surface area (Å²) in [5.74, 6) is -1.61. The Hall–Kier alpha value is -2.98. The smallest absolute Gasteiger partial charge is 0.331 e. The molecular weight excluding hydrogens is 379 g/mol. The molecule has 3 rings (SSSR count). The molecule has 1 N–H and O–H groups in total. The van der Waals surface area contributed by atoms with Crippen LogP contribution in [-0.4, -0.2) is 18.5 Å². The van der Waals surface area contributed by atoms with Crippen LogP contribution in [0.15, 0.2) is 30.3 Å². The normalized spacial score (nSPS) is 13.4. The minimum Gasteiger partial charge on any atom is -0.452 e. The second kappa shape index (κ2) is 9.29. The number of carbonyl (C=O) groups excluding carboxylic acids is 2. The molecule has 1 aliphatic carbocycles. The minimum absolute atomic E-state index is 0.405. The fourth-order valence-corrected chi connectivity index (χ4v) is 4.33. The molecule has 1 heterocycles. The predicted molar refractivity (Wildman–Crippen MR) is 105 cm³/mol. The Labute approximate surface area is 166 Å². The quantitative estimate of drug-likeness (QED) is 0.465. The summed E-state index contributed by atoms with van der Waals surface area (Å²) < 4.78 is 18.0. The maximum Gasteiger partial charge on any atom is 0.331 e. The Kier molecular flexibility index (Phi) is 6.56. The first-order valence-electron chi connectivity index (χ1n) is 9.01. The molecule has 2 aromatic rings. The molecule has 0 spiro atoms. The average molecular weight is 398 g/mol. The number of benzene rings is 1. The molecule has 1 aliphatic rings. The number of halogens is 1. The molecule has 0 aliphatic heterocycles. The van der Waals surface area contributed by atoms with Crippen LogP contribution in [0.5, 0.6) is 0 Å². The van der Waals surface area contributed by atoms with Crippen molar-refractivity contribution in [1.82, 2.24) is 0 Å². The van der Waals surface area contributed by atoms with Crippen molar-refractivity contribution in [2.45, 2.75) is 32.1 Å². The largest absolute Gasteiger partial charge is 0.452 e. The number of anilines is 1. The lowest BCUT2D eigenvalue weighted by molar-refractivity contribution is -0.142. The van der Waals surface area contributed by atoms with Gasteiger partial charge in [0, 0.05) is 11.0 Å². The summed E-state index contributed by atoms with van der Waals surface area (Å²) in [6.07, 6.45) is 7.59. The first-order valence-corrected chi connectivity index (χ1v) is 9.83. The Morgan fingerprint density at radius 3 is 2.89 bits per heavy atom. The van der Waals surface area contributed by atoms with E-state index >= 15 is 0 Å². The van der Waals surface area contributed by atoms with Crippen molar-refractivity contribution in [1.29, 1.82) is 5.26 Å². The van der Waals surface area contributed by atoms with Gasteiger partial charge in [0.2, 0.25) is 0 Å². The Morgan fingerprint density at radius 1 is 1.29 bits per heavy atom. The van der Waals surface area contributed by atoms with Gasteiger partial charge in [0.05, 0.1) is 5.56 Å². The number of carbonyl (C=O) groups is 2. The van der Waals surface area contributed by atoms with Crippen LogP contribution in [0.25, 0.3) is 6.08 Å². The molecule has 5 nitrogen and oxygen atoms in total. The number of hydrogen-bond acceptors (Lipinski definition) is 5. The molecule has 1 aromatic carbocycles. The van der Waals surface area contributed by atoms with E-state index < -0.39 is 24.3 Å². The third-order valence-corrected chi connectivity index (χ3v) is 5.60. The van der Waals surface area contributed by atoms with Crippen molar-refractivity contribution in [2.24, 2.45) is 0 Å². The van der Waals surface area contributed by atoms with Crippen LogP contribution in [-0.2, 0) is 27.2 Å². The highest BCUT2D eigenvalue weighted by Gasteiger charge is 2.21. The number of rotatable bonds is 5. The summed E-state index contributed by atoms with van der Waals surface area (Å²) in [6, 6.07) is 7.95. The Morgan fingerprint density at radius 2 is 2.11 bits per heavy atom. The zero-order chi connectivity index (χ0) is 19.9. The highest BCUT2D eigenvalue weighted by Crippen LogP contribution is 2.36. The third-order valence-electron chi connectivity index (χ3n) is 4.39. The molecule has 0 fully saturated rings. The van der Waals surface area contributed by atoms with Gasteiger partial charge in [-0.3, -0.25) is 4.79 Å². The summed E-state index contributed by atoms with van der Waals surface area (Å²) in [7, 11) is 0. The van der Waals surface area contributed by atoms with E-state index in [0.29, 0.717) is 16.1 Å². The number of hydrogen-bond donors (Lipinski definition) is 1. The van der Waals surface area contributed by atoms with Gasteiger partial charge >= 0.3 is 5.97 Å². The number of fused-ring (bicyclic) bond motifs is 1. The number of thiophene rings is 1. The molecule has 1 aromatic heterocycles. The SMILES string of the molecule is N#Cc1c(NC(=O)COC(=O)C=Cc2cccc(F)c2)sc2c1CCCCC2. The Bertz CT molecular complexity index is 959. The first kappa shape index (κ1) is 19.8. The summed E-state index contributed by atoms with van der Waals surface area (Å²) in [5.41, 5.74) is 2.07. The van der Waals surface area contributed by atoms with E-state index in [-0.39, 0.29) is 0 Å². The standard InChI is InChI=1S/C21H19FN2O3S/c22-15-6-4-5-14(11-15)9-10-20(26)27-13-19(25)24-21-17(12-23)16-7-2-1-3-8-18(16)28-21/h4-6,9-11H,1-3,7-8,13H2,(H,24,25). The van der Waals surface area contributed by atoms with E-state index in [1.54, 1.807) is 6.07 Å². The molecule has 28 heavy (non-hydrogen) atoms. The van der Waals surface area contributed by atoms with Gasteiger partial charge in [-0.2, -0.15) is 5.26 Å². The van der Waals surface area contributed by atoms with Gasteiger partial charge in [0.1, 0.15) is 16.9 Å². The summed E-state index contributed by atoms with van der Waals surface area (Å²) in [4.78, 5) is 25.0. The number of aryl methyl sites for hydroxylation is 1. The average Bonchev–Trinajstić information content (AvgIpc) is 2.84. The fraction of sp³-hybridized carbons (Fsp3) is 0.286. The van der Waals surface area contributed by atoms with E-state index in [9.17, 15) is 19.2 Å². The molecule has 0 atom stereocenters. The monoisotopic (exact) mass is 398 g/mol. The molecular formula is C21H19FN2O3S. The molecule has 0 saturated heterocycles. The third kappa shape index (κ3) is 5.05. The first-order chi connectivity index (χ1) is 13.6. The van der Waals surface area contributed by atoms with Crippen LogP contribution < -0.4 is 5.32 Å². The van der Waals surface area contributed by atoms with Gasteiger partial charge in [-0.05, 0) is 55.0 Å². The van der Waals surface area contributed by atoms with Crippen LogP contribution in [0.3, 0.4) is 0 Å². The number of esters is 1. The molecule has 144 valence electrons. The maximum absolute atomic E-state index is 13.1. The Balaban J connectivity index is 1.56. The molecule has 0 bridgehead atoms. The van der Waals surface area contributed by atoms with Gasteiger partial charge in [0.25, 0.3) is 5.91 Å². The van der Waals surface area contributed by atoms with E-state index in [2.05, 4.69) is 11.4 Å². The minimum atomic E-state index is -0.707. The van der Waals surface area contributed by atoms with Gasteiger partial charge in [0.15, 0.2) is 6.61 Å². The molecule has 0 saturated carbocycles. The van der Waals surface area contributed by atoms with Crippen molar-refractivity contribution >= 4 is 34.3 Å². The summed E-state index contributed by atoms with van der Waals surface area (Å²) in [5, 5.41) is 12.7. The molecule has 7 heteroatoms. The lowest BCUT2D eigenvalue weighted by Crippen LogP contribution is -2.20. The van der Waals surface area contributed by atoms with E-state index in [1.165, 1.54) is 35.6 Å². The zero-order valence-electron chi connectivity index (χ0n) is 15.2. The van der Waals surface area contributed by atoms with Crippen LogP contribution in [0.1, 0.15) is 40.8 Å². The van der Waals surface area contributed by atoms with E-state index in [0.717, 1.165) is 48.6 Å². The second-order valence-electron chi connectivity index (χ2n) is 6.42. The van der Waals surface area contributed by atoms with E-state index in [1.807, 2.05) is 0 Å². The zero-order valence-corrected chi connectivity index (χ0v) is 16.0. The predicted octanol–water partition coefficient (Wildman–Crippen LogP) is 4.22. The van der Waals surface area contributed by atoms with Crippen LogP contribution >= 0.6 is 11.3 Å². The second-order valence-corrected chi connectivity index (χ2v) is 7.53. The van der Waals surface area contributed by atoms with Crippen LogP contribution in [0.4, 0.5) is 9.39 Å².